The van der Waals surface area contributed by atoms with Crippen molar-refractivity contribution in [3.8, 4) is 0 Å². The molecule has 1 aliphatic heterocycles. The van der Waals surface area contributed by atoms with Crippen LogP contribution in [-0.2, 0) is 28.5 Å². The normalized spacial score (nSPS) is 43.6. The monoisotopic (exact) mass is 570 g/mol. The molecule has 0 radical (unpaired) electrons. The number of aliphatic hydroxyl groups is 3. The summed E-state index contributed by atoms with van der Waals surface area (Å²) in [5.41, 5.74) is -4.38. The summed E-state index contributed by atoms with van der Waals surface area (Å²) in [4.78, 5) is 38.7. The summed E-state index contributed by atoms with van der Waals surface area (Å²) in [7, 11) is 0. The Hall–Kier alpha value is -2.79. The molecule has 10 nitrogen and oxygen atoms in total. The fourth-order valence-electron chi connectivity index (χ4n) is 8.80. The number of carbonyl (C=O) groups excluding carboxylic acids is 3. The molecule has 5 aliphatic rings. The Bertz CT molecular complexity index is 1320. The first kappa shape index (κ1) is 28.3. The number of aliphatic hydroxyl groups excluding tert-OH is 2. The predicted molar refractivity (Wildman–Crippen MR) is 142 cm³/mol. The molecule has 4 aliphatic carbocycles. The molecule has 1 aromatic rings. The second-order valence-corrected chi connectivity index (χ2v) is 13.1. The van der Waals surface area contributed by atoms with Crippen molar-refractivity contribution in [2.75, 3.05) is 6.61 Å². The van der Waals surface area contributed by atoms with Crippen LogP contribution in [0.15, 0.2) is 41.5 Å². The number of fused-ring (bicyclic) bond motifs is 4. The molecule has 222 valence electrons. The van der Waals surface area contributed by atoms with Crippen LogP contribution in [0.2, 0.25) is 0 Å². The van der Waals surface area contributed by atoms with E-state index in [2.05, 4.69) is 0 Å². The zero-order valence-corrected chi connectivity index (χ0v) is 24.0. The average Bonchev–Trinajstić information content (AvgIpc) is 3.62. The van der Waals surface area contributed by atoms with E-state index in [-0.39, 0.29) is 24.5 Å². The highest BCUT2D eigenvalue weighted by atomic mass is 16.6. The molecule has 6 rings (SSSR count). The largest absolute Gasteiger partial charge is 0.455 e. The van der Waals surface area contributed by atoms with E-state index in [1.165, 1.54) is 13.8 Å². The first-order chi connectivity index (χ1) is 19.2. The Balaban J connectivity index is 1.62. The fourth-order valence-corrected chi connectivity index (χ4v) is 8.80. The minimum atomic E-state index is -1.92. The lowest BCUT2D eigenvalue weighted by Gasteiger charge is -2.65. The summed E-state index contributed by atoms with van der Waals surface area (Å²) in [5, 5.41) is 36.5. The zero-order valence-electron chi connectivity index (χ0n) is 24.0. The van der Waals surface area contributed by atoms with Crippen LogP contribution in [0.25, 0.3) is 0 Å². The maximum Gasteiger partial charge on any atom is 0.338 e. The smallest absolute Gasteiger partial charge is 0.338 e. The van der Waals surface area contributed by atoms with Crippen LogP contribution in [0.4, 0.5) is 0 Å². The highest BCUT2D eigenvalue weighted by molar-refractivity contribution is 5.89. The Labute approximate surface area is 238 Å². The van der Waals surface area contributed by atoms with Gasteiger partial charge in [-0.05, 0) is 49.0 Å². The summed E-state index contributed by atoms with van der Waals surface area (Å²) in [5.74, 6) is -2.94. The van der Waals surface area contributed by atoms with E-state index in [0.29, 0.717) is 24.0 Å². The van der Waals surface area contributed by atoms with E-state index in [4.69, 9.17) is 18.9 Å². The van der Waals surface area contributed by atoms with Gasteiger partial charge in [0, 0.05) is 31.1 Å². The van der Waals surface area contributed by atoms with Gasteiger partial charge in [-0.25, -0.2) is 4.79 Å². The van der Waals surface area contributed by atoms with Crippen LogP contribution >= 0.6 is 0 Å². The second-order valence-electron chi connectivity index (χ2n) is 13.1. The Morgan fingerprint density at radius 2 is 1.68 bits per heavy atom. The van der Waals surface area contributed by atoms with Gasteiger partial charge in [0.05, 0.1) is 24.2 Å². The lowest BCUT2D eigenvalue weighted by molar-refractivity contribution is -0.335. The van der Waals surface area contributed by atoms with Crippen LogP contribution in [0, 0.1) is 22.7 Å². The average molecular weight is 571 g/mol. The van der Waals surface area contributed by atoms with Crippen LogP contribution < -0.4 is 0 Å². The number of carbonyl (C=O) groups is 3. The van der Waals surface area contributed by atoms with Gasteiger partial charge in [0.25, 0.3) is 0 Å². The molecular formula is C31H38O10. The predicted octanol–water partition coefficient (Wildman–Crippen LogP) is 2.08. The van der Waals surface area contributed by atoms with E-state index in [0.717, 1.165) is 0 Å². The van der Waals surface area contributed by atoms with Gasteiger partial charge >= 0.3 is 17.9 Å². The molecule has 4 fully saturated rings. The van der Waals surface area contributed by atoms with Crippen molar-refractivity contribution in [1.82, 2.24) is 0 Å². The van der Waals surface area contributed by atoms with Gasteiger partial charge in [0.1, 0.15) is 23.9 Å². The van der Waals surface area contributed by atoms with Crippen LogP contribution in [0.1, 0.15) is 64.2 Å². The Kier molecular flexibility index (Phi) is 6.29. The second kappa shape index (κ2) is 9.10. The van der Waals surface area contributed by atoms with Crippen molar-refractivity contribution in [2.45, 2.75) is 95.6 Å². The van der Waals surface area contributed by atoms with Gasteiger partial charge < -0.3 is 34.3 Å². The lowest BCUT2D eigenvalue weighted by Crippen LogP contribution is -2.78. The summed E-state index contributed by atoms with van der Waals surface area (Å²) < 4.78 is 24.1. The summed E-state index contributed by atoms with van der Waals surface area (Å²) >= 11 is 0. The van der Waals surface area contributed by atoms with Crippen molar-refractivity contribution < 1.29 is 48.7 Å². The Morgan fingerprint density at radius 1 is 1.00 bits per heavy atom. The number of benzene rings is 1. The van der Waals surface area contributed by atoms with E-state index in [9.17, 15) is 29.7 Å². The summed E-state index contributed by atoms with van der Waals surface area (Å²) in [6.07, 6.45) is -4.78. The number of hydrogen-bond acceptors (Lipinski definition) is 10. The van der Waals surface area contributed by atoms with Gasteiger partial charge in [0.15, 0.2) is 11.7 Å². The molecule has 0 unspecified atom stereocenters. The molecule has 0 amide bonds. The molecule has 3 N–H and O–H groups in total. The molecule has 10 atom stereocenters. The maximum absolute atomic E-state index is 13.7. The van der Waals surface area contributed by atoms with Gasteiger partial charge in [-0.2, -0.15) is 0 Å². The fraction of sp³-hybridized carbons (Fsp3) is 0.645. The molecule has 1 saturated heterocycles. The van der Waals surface area contributed by atoms with Gasteiger partial charge in [-0.1, -0.05) is 32.0 Å². The maximum atomic E-state index is 13.7. The van der Waals surface area contributed by atoms with Crippen LogP contribution in [-0.4, -0.2) is 81.6 Å². The van der Waals surface area contributed by atoms with E-state index >= 15 is 0 Å². The van der Waals surface area contributed by atoms with Crippen molar-refractivity contribution >= 4 is 17.9 Å². The summed E-state index contributed by atoms with van der Waals surface area (Å²) in [6, 6.07) is 8.37. The third-order valence-electron chi connectivity index (χ3n) is 10.8. The van der Waals surface area contributed by atoms with E-state index in [1.54, 1.807) is 51.1 Å². The number of ether oxygens (including phenoxy) is 4. The Morgan fingerprint density at radius 3 is 2.27 bits per heavy atom. The first-order valence-electron chi connectivity index (χ1n) is 14.2. The summed E-state index contributed by atoms with van der Waals surface area (Å²) in [6.45, 7) is 7.70. The minimum Gasteiger partial charge on any atom is -0.455 e. The van der Waals surface area contributed by atoms with Crippen LogP contribution in [0.3, 0.4) is 0 Å². The van der Waals surface area contributed by atoms with E-state index < -0.39 is 76.4 Å². The number of esters is 3. The van der Waals surface area contributed by atoms with Gasteiger partial charge in [0.2, 0.25) is 0 Å². The van der Waals surface area contributed by atoms with Gasteiger partial charge in [-0.3, -0.25) is 9.59 Å². The minimum absolute atomic E-state index is 0.0124. The quantitative estimate of drug-likeness (QED) is 0.279. The third-order valence-corrected chi connectivity index (χ3v) is 10.8. The first-order valence-corrected chi connectivity index (χ1v) is 14.2. The lowest BCUT2D eigenvalue weighted by atomic mass is 9.48. The molecule has 1 heterocycles. The molecule has 1 aromatic carbocycles. The number of rotatable bonds is 4. The van der Waals surface area contributed by atoms with Crippen molar-refractivity contribution in [2.24, 2.45) is 22.7 Å². The number of hydrogen-bond donors (Lipinski definition) is 3. The molecular weight excluding hydrogens is 532 g/mol. The van der Waals surface area contributed by atoms with Crippen LogP contribution in [0.5, 0.6) is 0 Å². The molecule has 3 saturated carbocycles. The molecule has 10 heteroatoms. The van der Waals surface area contributed by atoms with E-state index in [1.807, 2.05) is 0 Å². The topological polar surface area (TPSA) is 149 Å². The van der Waals surface area contributed by atoms with Crippen molar-refractivity contribution in [3.63, 3.8) is 0 Å². The zero-order chi connectivity index (χ0) is 29.7. The highest BCUT2D eigenvalue weighted by Gasteiger charge is 2.83. The standard InChI is InChI=1S/C31H38O10/c1-15-20(34)13-31(37)26(40-27(36)18-9-7-6-8-10-18)24-29(25(35)23(39-16(2)32)22(15)28(31,4)5)12-19(29)11-21-30(24,14-38-21)41-17(3)33/h6-10,19-21,23-26,34-35,37H,11-14H2,1-5H3/t19-,20+,21-,23-,24+,25+,26+,29-,30+,31-/m1/s1. The molecule has 41 heavy (non-hydrogen) atoms. The van der Waals surface area contributed by atoms with Crippen molar-refractivity contribution in [3.05, 3.63) is 47.0 Å². The highest BCUT2D eigenvalue weighted by Crippen LogP contribution is 2.75. The van der Waals surface area contributed by atoms with Gasteiger partial charge in [-0.15, -0.1) is 0 Å². The molecule has 0 aromatic heterocycles. The third kappa shape index (κ3) is 3.73. The molecule has 2 bridgehead atoms. The molecule has 1 spiro atoms. The SMILES string of the molecule is CC(=O)O[C@@H]1C2=C(C)[C@@H](O)C[C@@](O)([C@@H](OC(=O)c3ccccc3)[C@@H]3[C@]4(OC(C)=O)CO[C@@H]4C[C@@H]4C[C@@]43[C@H]1O)C2(C)C. The van der Waals surface area contributed by atoms with Crippen molar-refractivity contribution in [1.29, 1.82) is 0 Å².